The Morgan fingerprint density at radius 2 is 1.75 bits per heavy atom. The van der Waals surface area contributed by atoms with Crippen LogP contribution in [0.25, 0.3) is 0 Å². The molecule has 1 aromatic carbocycles. The number of nitrogens with zero attached hydrogens (tertiary/aromatic N) is 1. The van der Waals surface area contributed by atoms with Crippen molar-refractivity contribution in [2.75, 3.05) is 0 Å². The van der Waals surface area contributed by atoms with Crippen LogP contribution in [0.15, 0.2) is 29.4 Å². The molecule has 0 unspecified atom stereocenters. The van der Waals surface area contributed by atoms with Crippen molar-refractivity contribution >= 4 is 24.0 Å². The van der Waals surface area contributed by atoms with Crippen LogP contribution in [-0.4, -0.2) is 35.1 Å². The van der Waals surface area contributed by atoms with E-state index in [2.05, 4.69) is 15.8 Å². The first-order chi connectivity index (χ1) is 11.5. The van der Waals surface area contributed by atoms with Gasteiger partial charge in [-0.15, -0.1) is 0 Å². The van der Waals surface area contributed by atoms with E-state index < -0.39 is 11.9 Å². The van der Waals surface area contributed by atoms with Crippen molar-refractivity contribution in [3.05, 3.63) is 35.4 Å². The summed E-state index contributed by atoms with van der Waals surface area (Å²) in [5, 5.41) is 15.4. The highest BCUT2D eigenvalue weighted by Crippen LogP contribution is 2.17. The molecule has 1 aromatic rings. The molecule has 0 saturated heterocycles. The highest BCUT2D eigenvalue weighted by molar-refractivity contribution is 5.97. The first-order valence-electron chi connectivity index (χ1n) is 7.99. The largest absolute Gasteiger partial charge is 0.478 e. The summed E-state index contributed by atoms with van der Waals surface area (Å²) >= 11 is 0. The van der Waals surface area contributed by atoms with E-state index in [1.54, 1.807) is 12.1 Å². The van der Waals surface area contributed by atoms with Gasteiger partial charge in [-0.1, -0.05) is 31.4 Å². The van der Waals surface area contributed by atoms with Crippen LogP contribution in [0.5, 0.6) is 0 Å². The predicted octanol–water partition coefficient (Wildman–Crippen LogP) is 1.67. The number of benzene rings is 1. The molecular formula is C17H21N3O4. The molecule has 0 heterocycles. The third kappa shape index (κ3) is 5.83. The van der Waals surface area contributed by atoms with Crippen molar-refractivity contribution < 1.29 is 19.5 Å². The van der Waals surface area contributed by atoms with Gasteiger partial charge in [0.2, 0.25) is 11.8 Å². The van der Waals surface area contributed by atoms with Gasteiger partial charge in [0.15, 0.2) is 0 Å². The Labute approximate surface area is 140 Å². The minimum absolute atomic E-state index is 0.176. The van der Waals surface area contributed by atoms with Gasteiger partial charge in [-0.3, -0.25) is 9.59 Å². The molecule has 7 nitrogen and oxygen atoms in total. The maximum absolute atomic E-state index is 11.8. The lowest BCUT2D eigenvalue weighted by molar-refractivity contribution is -0.129. The molecule has 1 aliphatic carbocycles. The monoisotopic (exact) mass is 331 g/mol. The minimum Gasteiger partial charge on any atom is -0.478 e. The molecule has 2 rings (SSSR count). The number of nitrogens with one attached hydrogen (secondary N) is 2. The van der Waals surface area contributed by atoms with Gasteiger partial charge >= 0.3 is 5.97 Å². The van der Waals surface area contributed by atoms with Gasteiger partial charge in [0, 0.05) is 6.04 Å². The Balaban J connectivity index is 1.73. The van der Waals surface area contributed by atoms with Crippen molar-refractivity contribution in [1.82, 2.24) is 10.7 Å². The standard InChI is InChI=1S/C17H21N3O4/c21-15(19-14-4-2-1-3-5-14)10-16(22)20-18-11-12-6-8-13(9-7-12)17(23)24/h6-9,11,14H,1-5,10H2,(H,19,21)(H,20,22)(H,23,24)/b18-11-. The number of rotatable bonds is 6. The molecule has 0 spiro atoms. The molecule has 2 amide bonds. The summed E-state index contributed by atoms with van der Waals surface area (Å²) in [6.07, 6.45) is 6.50. The van der Waals surface area contributed by atoms with E-state index in [0.29, 0.717) is 5.56 Å². The van der Waals surface area contributed by atoms with E-state index in [9.17, 15) is 14.4 Å². The van der Waals surface area contributed by atoms with Crippen LogP contribution in [0, 0.1) is 0 Å². The number of hydrogen-bond donors (Lipinski definition) is 3. The van der Waals surface area contributed by atoms with Crippen LogP contribution in [0.2, 0.25) is 0 Å². The van der Waals surface area contributed by atoms with Crippen LogP contribution >= 0.6 is 0 Å². The molecular weight excluding hydrogens is 310 g/mol. The Morgan fingerprint density at radius 3 is 2.38 bits per heavy atom. The third-order valence-electron chi connectivity index (χ3n) is 3.85. The molecule has 7 heteroatoms. The molecule has 24 heavy (non-hydrogen) atoms. The molecule has 0 atom stereocenters. The third-order valence-corrected chi connectivity index (χ3v) is 3.85. The fourth-order valence-corrected chi connectivity index (χ4v) is 2.60. The topological polar surface area (TPSA) is 108 Å². The molecule has 3 N–H and O–H groups in total. The van der Waals surface area contributed by atoms with E-state index in [0.717, 1.165) is 25.7 Å². The SMILES string of the molecule is O=C(CC(=O)NC1CCCCC1)N/N=C\c1ccc(C(=O)O)cc1. The summed E-state index contributed by atoms with van der Waals surface area (Å²) in [5.41, 5.74) is 3.11. The number of carboxylic acid groups (broad SMARTS) is 1. The van der Waals surface area contributed by atoms with E-state index in [4.69, 9.17) is 5.11 Å². The van der Waals surface area contributed by atoms with E-state index in [-0.39, 0.29) is 23.9 Å². The molecule has 1 aliphatic rings. The van der Waals surface area contributed by atoms with E-state index in [1.807, 2.05) is 0 Å². The number of hydrogen-bond acceptors (Lipinski definition) is 4. The molecule has 1 saturated carbocycles. The van der Waals surface area contributed by atoms with Crippen LogP contribution in [0.4, 0.5) is 0 Å². The van der Waals surface area contributed by atoms with Crippen LogP contribution in [0.1, 0.15) is 54.4 Å². The van der Waals surface area contributed by atoms with Crippen molar-refractivity contribution in [3.63, 3.8) is 0 Å². The van der Waals surface area contributed by atoms with Gasteiger partial charge in [0.1, 0.15) is 6.42 Å². The zero-order chi connectivity index (χ0) is 17.4. The second-order valence-corrected chi connectivity index (χ2v) is 5.80. The summed E-state index contributed by atoms with van der Waals surface area (Å²) in [6, 6.07) is 6.23. The summed E-state index contributed by atoms with van der Waals surface area (Å²) in [4.78, 5) is 34.2. The van der Waals surface area contributed by atoms with Crippen molar-refractivity contribution in [3.8, 4) is 0 Å². The Kier molecular flexibility index (Phi) is 6.48. The van der Waals surface area contributed by atoms with Crippen LogP contribution in [-0.2, 0) is 9.59 Å². The summed E-state index contributed by atoms with van der Waals surface area (Å²) in [5.74, 6) is -1.78. The average molecular weight is 331 g/mol. The lowest BCUT2D eigenvalue weighted by atomic mass is 9.95. The summed E-state index contributed by atoms with van der Waals surface area (Å²) < 4.78 is 0. The summed E-state index contributed by atoms with van der Waals surface area (Å²) in [6.45, 7) is 0. The smallest absolute Gasteiger partial charge is 0.335 e. The number of carbonyl (C=O) groups excluding carboxylic acids is 2. The number of carbonyl (C=O) groups is 3. The lowest BCUT2D eigenvalue weighted by Gasteiger charge is -2.22. The van der Waals surface area contributed by atoms with Gasteiger partial charge < -0.3 is 10.4 Å². The lowest BCUT2D eigenvalue weighted by Crippen LogP contribution is -2.38. The van der Waals surface area contributed by atoms with Crippen molar-refractivity contribution in [2.24, 2.45) is 5.10 Å². The second-order valence-electron chi connectivity index (χ2n) is 5.80. The second kappa shape index (κ2) is 8.81. The Morgan fingerprint density at radius 1 is 1.08 bits per heavy atom. The number of hydrazone groups is 1. The van der Waals surface area contributed by atoms with Gasteiger partial charge in [0.25, 0.3) is 0 Å². The average Bonchev–Trinajstić information content (AvgIpc) is 2.56. The molecule has 0 aromatic heterocycles. The van der Waals surface area contributed by atoms with E-state index >= 15 is 0 Å². The van der Waals surface area contributed by atoms with Crippen molar-refractivity contribution in [1.29, 1.82) is 0 Å². The zero-order valence-corrected chi connectivity index (χ0v) is 13.3. The zero-order valence-electron chi connectivity index (χ0n) is 13.3. The van der Waals surface area contributed by atoms with Crippen molar-refractivity contribution in [2.45, 2.75) is 44.6 Å². The summed E-state index contributed by atoms with van der Waals surface area (Å²) in [7, 11) is 0. The highest BCUT2D eigenvalue weighted by atomic mass is 16.4. The fraction of sp³-hybridized carbons (Fsp3) is 0.412. The van der Waals surface area contributed by atoms with Crippen LogP contribution < -0.4 is 10.7 Å². The molecule has 0 bridgehead atoms. The van der Waals surface area contributed by atoms with Gasteiger partial charge in [0.05, 0.1) is 11.8 Å². The van der Waals surface area contributed by atoms with Gasteiger partial charge in [-0.2, -0.15) is 5.10 Å². The molecule has 0 radical (unpaired) electrons. The quantitative estimate of drug-likeness (QED) is 0.418. The van der Waals surface area contributed by atoms with Gasteiger partial charge in [-0.05, 0) is 30.5 Å². The number of aromatic carboxylic acids is 1. The maximum atomic E-state index is 11.8. The van der Waals surface area contributed by atoms with Crippen LogP contribution in [0.3, 0.4) is 0 Å². The number of carboxylic acids is 1. The Hall–Kier alpha value is -2.70. The fourth-order valence-electron chi connectivity index (χ4n) is 2.60. The predicted molar refractivity (Wildman–Crippen MR) is 88.8 cm³/mol. The Bertz CT molecular complexity index is 619. The number of amides is 2. The first-order valence-corrected chi connectivity index (χ1v) is 7.99. The molecule has 1 fully saturated rings. The highest BCUT2D eigenvalue weighted by Gasteiger charge is 2.17. The maximum Gasteiger partial charge on any atom is 0.335 e. The van der Waals surface area contributed by atoms with Gasteiger partial charge in [-0.25, -0.2) is 10.2 Å². The van der Waals surface area contributed by atoms with E-state index in [1.165, 1.54) is 24.8 Å². The first kappa shape index (κ1) is 17.7. The minimum atomic E-state index is -1.00. The normalized spacial score (nSPS) is 15.2. The molecule has 0 aliphatic heterocycles. The molecule has 128 valence electrons.